The van der Waals surface area contributed by atoms with Crippen LogP contribution in [0.3, 0.4) is 0 Å². The average Bonchev–Trinajstić information content (AvgIpc) is 2.76. The largest absolute Gasteiger partial charge is 0.397 e. The predicted octanol–water partition coefficient (Wildman–Crippen LogP) is 2.97. The molecule has 1 aliphatic rings. The fraction of sp³-hybridized carbons (Fsp3) is 0.417. The predicted molar refractivity (Wildman–Crippen MR) is 73.1 cm³/mol. The van der Waals surface area contributed by atoms with Gasteiger partial charge < -0.3 is 16.0 Å². The number of hydrogen-bond donors (Lipinski definition) is 2. The van der Waals surface area contributed by atoms with E-state index in [-0.39, 0.29) is 6.03 Å². The lowest BCUT2D eigenvalue weighted by Crippen LogP contribution is -2.32. The first-order chi connectivity index (χ1) is 8.08. The molecule has 1 heterocycles. The fourth-order valence-corrected chi connectivity index (χ4v) is 2.70. The van der Waals surface area contributed by atoms with E-state index in [1.807, 2.05) is 24.0 Å². The van der Waals surface area contributed by atoms with E-state index in [1.54, 1.807) is 0 Å². The number of rotatable bonds is 1. The van der Waals surface area contributed by atoms with Gasteiger partial charge in [0.05, 0.1) is 11.4 Å². The van der Waals surface area contributed by atoms with Crippen molar-refractivity contribution in [3.8, 4) is 0 Å². The van der Waals surface area contributed by atoms with Crippen LogP contribution in [-0.4, -0.2) is 24.0 Å². The van der Waals surface area contributed by atoms with Crippen LogP contribution >= 0.6 is 15.9 Å². The van der Waals surface area contributed by atoms with Gasteiger partial charge in [-0.25, -0.2) is 4.79 Å². The lowest BCUT2D eigenvalue weighted by Gasteiger charge is -2.18. The number of benzene rings is 1. The summed E-state index contributed by atoms with van der Waals surface area (Å²) in [6, 6.07) is 3.72. The van der Waals surface area contributed by atoms with Gasteiger partial charge in [-0.1, -0.05) is 0 Å². The first-order valence-electron chi connectivity index (χ1n) is 5.69. The molecule has 2 amide bonds. The normalized spacial score (nSPS) is 15.1. The molecule has 1 aromatic rings. The zero-order chi connectivity index (χ0) is 12.4. The summed E-state index contributed by atoms with van der Waals surface area (Å²) in [6.07, 6.45) is 2.16. The summed E-state index contributed by atoms with van der Waals surface area (Å²) in [5, 5.41) is 2.86. The molecule has 17 heavy (non-hydrogen) atoms. The second-order valence-electron chi connectivity index (χ2n) is 4.34. The molecule has 3 N–H and O–H groups in total. The standard InChI is InChI=1S/C12H16BrN3O/c1-8-6-9(13)11(10(14)7-8)15-12(17)16-4-2-3-5-16/h6-7H,2-5,14H2,1H3,(H,15,17). The van der Waals surface area contributed by atoms with Crippen molar-refractivity contribution in [1.29, 1.82) is 0 Å². The quantitative estimate of drug-likeness (QED) is 0.783. The van der Waals surface area contributed by atoms with Gasteiger partial charge in [0.25, 0.3) is 0 Å². The van der Waals surface area contributed by atoms with Crippen molar-refractivity contribution in [2.75, 3.05) is 24.1 Å². The van der Waals surface area contributed by atoms with Crippen molar-refractivity contribution in [1.82, 2.24) is 4.90 Å². The summed E-state index contributed by atoms with van der Waals surface area (Å²) >= 11 is 3.42. The van der Waals surface area contributed by atoms with Crippen LogP contribution in [0.15, 0.2) is 16.6 Å². The highest BCUT2D eigenvalue weighted by Crippen LogP contribution is 2.30. The Bertz CT molecular complexity index is 418. The van der Waals surface area contributed by atoms with Crippen molar-refractivity contribution in [3.63, 3.8) is 0 Å². The molecule has 4 nitrogen and oxygen atoms in total. The molecule has 0 radical (unpaired) electrons. The van der Waals surface area contributed by atoms with E-state index in [4.69, 9.17) is 5.73 Å². The van der Waals surface area contributed by atoms with Crippen LogP contribution in [0, 0.1) is 6.92 Å². The molecule has 0 atom stereocenters. The highest BCUT2D eigenvalue weighted by Gasteiger charge is 2.19. The van der Waals surface area contributed by atoms with Gasteiger partial charge in [0.15, 0.2) is 0 Å². The van der Waals surface area contributed by atoms with Crippen molar-refractivity contribution >= 4 is 33.3 Å². The van der Waals surface area contributed by atoms with Crippen molar-refractivity contribution in [2.24, 2.45) is 0 Å². The highest BCUT2D eigenvalue weighted by atomic mass is 79.9. The number of nitrogens with zero attached hydrogens (tertiary/aromatic N) is 1. The molecule has 0 aliphatic carbocycles. The van der Waals surface area contributed by atoms with Crippen LogP contribution < -0.4 is 11.1 Å². The Morgan fingerprint density at radius 1 is 1.41 bits per heavy atom. The van der Waals surface area contributed by atoms with Crippen LogP contribution in [0.5, 0.6) is 0 Å². The molecule has 0 unspecified atom stereocenters. The minimum atomic E-state index is -0.0706. The summed E-state index contributed by atoms with van der Waals surface area (Å²) in [6.45, 7) is 3.62. The SMILES string of the molecule is Cc1cc(N)c(NC(=O)N2CCCC2)c(Br)c1. The van der Waals surface area contributed by atoms with E-state index >= 15 is 0 Å². The number of halogens is 1. The molecule has 2 rings (SSSR count). The number of likely N-dealkylation sites (tertiary alicyclic amines) is 1. The molecule has 1 saturated heterocycles. The van der Waals surface area contributed by atoms with E-state index in [1.165, 1.54) is 0 Å². The number of carbonyl (C=O) groups excluding carboxylic acids is 1. The Labute approximate surface area is 109 Å². The summed E-state index contributed by atoms with van der Waals surface area (Å²) < 4.78 is 0.822. The molecule has 0 aromatic heterocycles. The second kappa shape index (κ2) is 4.96. The Balaban J connectivity index is 2.15. The van der Waals surface area contributed by atoms with E-state index in [0.717, 1.165) is 36.0 Å². The van der Waals surface area contributed by atoms with Crippen LogP contribution in [-0.2, 0) is 0 Å². The van der Waals surface area contributed by atoms with Crippen LogP contribution in [0.1, 0.15) is 18.4 Å². The minimum absolute atomic E-state index is 0.0706. The summed E-state index contributed by atoms with van der Waals surface area (Å²) in [5.74, 6) is 0. The number of nitrogen functional groups attached to an aromatic ring is 1. The van der Waals surface area contributed by atoms with E-state index < -0.39 is 0 Å². The molecular weight excluding hydrogens is 282 g/mol. The number of anilines is 2. The number of hydrogen-bond acceptors (Lipinski definition) is 2. The molecule has 0 spiro atoms. The zero-order valence-electron chi connectivity index (χ0n) is 9.79. The van der Waals surface area contributed by atoms with Gasteiger partial charge in [-0.3, -0.25) is 0 Å². The summed E-state index contributed by atoms with van der Waals surface area (Å²) in [7, 11) is 0. The first-order valence-corrected chi connectivity index (χ1v) is 6.49. The first kappa shape index (κ1) is 12.2. The Kier molecular flexibility index (Phi) is 3.57. The third kappa shape index (κ3) is 2.72. The molecule has 0 bridgehead atoms. The van der Waals surface area contributed by atoms with Gasteiger partial charge in [0.2, 0.25) is 0 Å². The summed E-state index contributed by atoms with van der Waals surface area (Å²) in [5.41, 5.74) is 8.22. The van der Waals surface area contributed by atoms with Crippen LogP contribution in [0.4, 0.5) is 16.2 Å². The van der Waals surface area contributed by atoms with E-state index in [0.29, 0.717) is 11.4 Å². The zero-order valence-corrected chi connectivity index (χ0v) is 11.4. The van der Waals surface area contributed by atoms with Crippen molar-refractivity contribution in [3.05, 3.63) is 22.2 Å². The molecule has 0 saturated carbocycles. The smallest absolute Gasteiger partial charge is 0.321 e. The fourth-order valence-electron chi connectivity index (χ4n) is 2.01. The van der Waals surface area contributed by atoms with Crippen LogP contribution in [0.2, 0.25) is 0 Å². The Morgan fingerprint density at radius 3 is 2.65 bits per heavy atom. The number of carbonyl (C=O) groups is 1. The third-order valence-electron chi connectivity index (χ3n) is 2.89. The lowest BCUT2D eigenvalue weighted by molar-refractivity contribution is 0.222. The molecule has 1 fully saturated rings. The molecule has 5 heteroatoms. The second-order valence-corrected chi connectivity index (χ2v) is 5.19. The monoisotopic (exact) mass is 297 g/mol. The maximum absolute atomic E-state index is 11.9. The Hall–Kier alpha value is -1.23. The molecule has 1 aromatic carbocycles. The average molecular weight is 298 g/mol. The van der Waals surface area contributed by atoms with Gasteiger partial charge >= 0.3 is 6.03 Å². The number of urea groups is 1. The summed E-state index contributed by atoms with van der Waals surface area (Å²) in [4.78, 5) is 13.8. The Morgan fingerprint density at radius 2 is 2.06 bits per heavy atom. The van der Waals surface area contributed by atoms with Gasteiger partial charge in [-0.05, 0) is 53.4 Å². The molecule has 1 aliphatic heterocycles. The number of aryl methyl sites for hydroxylation is 1. The number of amides is 2. The van der Waals surface area contributed by atoms with Crippen LogP contribution in [0.25, 0.3) is 0 Å². The van der Waals surface area contributed by atoms with Gasteiger partial charge in [-0.2, -0.15) is 0 Å². The third-order valence-corrected chi connectivity index (χ3v) is 3.52. The lowest BCUT2D eigenvalue weighted by atomic mass is 10.2. The van der Waals surface area contributed by atoms with Gasteiger partial charge in [-0.15, -0.1) is 0 Å². The van der Waals surface area contributed by atoms with Crippen molar-refractivity contribution < 1.29 is 4.79 Å². The highest BCUT2D eigenvalue weighted by molar-refractivity contribution is 9.10. The van der Waals surface area contributed by atoms with E-state index in [2.05, 4.69) is 21.2 Å². The van der Waals surface area contributed by atoms with E-state index in [9.17, 15) is 4.79 Å². The van der Waals surface area contributed by atoms with Crippen molar-refractivity contribution in [2.45, 2.75) is 19.8 Å². The number of nitrogens with one attached hydrogen (secondary N) is 1. The minimum Gasteiger partial charge on any atom is -0.397 e. The molecular formula is C12H16BrN3O. The maximum Gasteiger partial charge on any atom is 0.321 e. The topological polar surface area (TPSA) is 58.4 Å². The van der Waals surface area contributed by atoms with Gasteiger partial charge in [0.1, 0.15) is 0 Å². The number of nitrogens with two attached hydrogens (primary N) is 1. The molecule has 92 valence electrons. The maximum atomic E-state index is 11.9. The van der Waals surface area contributed by atoms with Gasteiger partial charge in [0, 0.05) is 17.6 Å².